The molecule has 3 nitrogen and oxygen atoms in total. The van der Waals surface area contributed by atoms with Gasteiger partial charge in [-0.3, -0.25) is 4.79 Å². The van der Waals surface area contributed by atoms with E-state index in [1.165, 1.54) is 5.69 Å². The van der Waals surface area contributed by atoms with Crippen molar-refractivity contribution >= 4 is 11.5 Å². The Bertz CT molecular complexity index is 450. The molecular weight excluding hydrogens is 224 g/mol. The monoisotopic (exact) mass is 242 g/mol. The highest BCUT2D eigenvalue weighted by Crippen LogP contribution is 2.25. The molecule has 1 aliphatic heterocycles. The number of piperidine rings is 1. The summed E-state index contributed by atoms with van der Waals surface area (Å²) < 4.78 is 0. The van der Waals surface area contributed by atoms with Gasteiger partial charge in [0.25, 0.3) is 0 Å². The van der Waals surface area contributed by atoms with Crippen molar-refractivity contribution in [3.63, 3.8) is 0 Å². The smallest absolute Gasteiger partial charge is 0.159 e. The number of hydrogen-bond donors (Lipinski definition) is 0. The zero-order chi connectivity index (χ0) is 13.0. The molecule has 0 bridgehead atoms. The molecule has 1 fully saturated rings. The lowest BCUT2D eigenvalue weighted by molar-refractivity contribution is 0.101. The van der Waals surface area contributed by atoms with Crippen LogP contribution < -0.4 is 4.90 Å². The minimum Gasteiger partial charge on any atom is -0.372 e. The summed E-state index contributed by atoms with van der Waals surface area (Å²) in [6.07, 6.45) is 2.85. The van der Waals surface area contributed by atoms with Crippen LogP contribution in [0.5, 0.6) is 0 Å². The van der Waals surface area contributed by atoms with Crippen LogP contribution in [0.25, 0.3) is 0 Å². The minimum atomic E-state index is 0.106. The summed E-state index contributed by atoms with van der Waals surface area (Å²) in [6, 6.07) is 10.1. The van der Waals surface area contributed by atoms with E-state index in [0.717, 1.165) is 31.5 Å². The van der Waals surface area contributed by atoms with Gasteiger partial charge in [-0.2, -0.15) is 5.26 Å². The first kappa shape index (κ1) is 12.6. The molecule has 0 radical (unpaired) electrons. The third kappa shape index (κ3) is 2.89. The molecule has 1 aromatic rings. The van der Waals surface area contributed by atoms with Gasteiger partial charge in [0.15, 0.2) is 5.78 Å². The van der Waals surface area contributed by atoms with Gasteiger partial charge >= 0.3 is 0 Å². The van der Waals surface area contributed by atoms with Crippen molar-refractivity contribution in [1.82, 2.24) is 0 Å². The van der Waals surface area contributed by atoms with Crippen molar-refractivity contribution in [2.45, 2.75) is 26.2 Å². The fourth-order valence-corrected chi connectivity index (χ4v) is 2.43. The summed E-state index contributed by atoms with van der Waals surface area (Å²) in [4.78, 5) is 13.5. The van der Waals surface area contributed by atoms with E-state index in [2.05, 4.69) is 11.0 Å². The molecule has 0 aromatic heterocycles. The number of Topliss-reactive ketones (excluding diaryl/α,β-unsaturated/α-hetero) is 1. The molecule has 0 aliphatic carbocycles. The van der Waals surface area contributed by atoms with Crippen LogP contribution in [0.2, 0.25) is 0 Å². The molecule has 3 heteroatoms. The van der Waals surface area contributed by atoms with Gasteiger partial charge in [0.05, 0.1) is 6.07 Å². The maximum absolute atomic E-state index is 11.2. The SMILES string of the molecule is CC(=O)c1ccc(N2CCC(CC#N)CC2)cc1. The average molecular weight is 242 g/mol. The quantitative estimate of drug-likeness (QED) is 0.765. The fraction of sp³-hybridized carbons (Fsp3) is 0.467. The van der Waals surface area contributed by atoms with Crippen LogP contribution in [0.15, 0.2) is 24.3 Å². The van der Waals surface area contributed by atoms with E-state index in [1.807, 2.05) is 24.3 Å². The fourth-order valence-electron chi connectivity index (χ4n) is 2.43. The van der Waals surface area contributed by atoms with Gasteiger partial charge in [-0.25, -0.2) is 0 Å². The lowest BCUT2D eigenvalue weighted by Crippen LogP contribution is -2.33. The molecule has 0 N–H and O–H groups in total. The lowest BCUT2D eigenvalue weighted by atomic mass is 9.94. The molecule has 0 atom stereocenters. The molecular formula is C15H18N2O. The number of nitrogens with zero attached hydrogens (tertiary/aromatic N) is 2. The second kappa shape index (κ2) is 5.68. The largest absolute Gasteiger partial charge is 0.372 e. The molecule has 1 heterocycles. The molecule has 0 saturated carbocycles. The molecule has 1 aliphatic rings. The van der Waals surface area contributed by atoms with Crippen LogP contribution >= 0.6 is 0 Å². The maximum Gasteiger partial charge on any atom is 0.159 e. The van der Waals surface area contributed by atoms with Gasteiger partial charge in [0.2, 0.25) is 0 Å². The van der Waals surface area contributed by atoms with E-state index in [9.17, 15) is 4.79 Å². The number of carbonyl (C=O) groups is 1. The standard InChI is InChI=1S/C15H18N2O/c1-12(18)14-2-4-15(5-3-14)17-10-7-13(6-9-16)8-11-17/h2-5,13H,6-8,10-11H2,1H3. The normalized spacial score (nSPS) is 16.3. The van der Waals surface area contributed by atoms with Crippen molar-refractivity contribution in [2.75, 3.05) is 18.0 Å². The van der Waals surface area contributed by atoms with Gasteiger partial charge in [-0.05, 0) is 49.9 Å². The van der Waals surface area contributed by atoms with Gasteiger partial charge < -0.3 is 4.90 Å². The predicted molar refractivity (Wildman–Crippen MR) is 71.6 cm³/mol. The Hall–Kier alpha value is -1.82. The third-order valence-corrected chi connectivity index (χ3v) is 3.63. The minimum absolute atomic E-state index is 0.106. The number of hydrogen-bond acceptors (Lipinski definition) is 3. The summed E-state index contributed by atoms with van der Waals surface area (Å²) in [6.45, 7) is 3.60. The van der Waals surface area contributed by atoms with Gasteiger partial charge in [-0.15, -0.1) is 0 Å². The number of rotatable bonds is 3. The Balaban J connectivity index is 1.97. The highest BCUT2D eigenvalue weighted by Gasteiger charge is 2.19. The lowest BCUT2D eigenvalue weighted by Gasteiger charge is -2.32. The maximum atomic E-state index is 11.2. The van der Waals surface area contributed by atoms with Crippen molar-refractivity contribution in [3.05, 3.63) is 29.8 Å². The van der Waals surface area contributed by atoms with E-state index in [4.69, 9.17) is 5.26 Å². The Labute approximate surface area is 108 Å². The second-order valence-electron chi connectivity index (χ2n) is 4.90. The Morgan fingerprint density at radius 1 is 1.33 bits per heavy atom. The van der Waals surface area contributed by atoms with Crippen LogP contribution in [0.3, 0.4) is 0 Å². The molecule has 2 rings (SSSR count). The van der Waals surface area contributed by atoms with Crippen molar-refractivity contribution in [1.29, 1.82) is 5.26 Å². The Kier molecular flexibility index (Phi) is 3.99. The van der Waals surface area contributed by atoms with E-state index in [0.29, 0.717) is 12.3 Å². The van der Waals surface area contributed by atoms with Crippen molar-refractivity contribution in [2.24, 2.45) is 5.92 Å². The highest BCUT2D eigenvalue weighted by molar-refractivity contribution is 5.94. The summed E-state index contributed by atoms with van der Waals surface area (Å²) in [5.41, 5.74) is 1.94. The number of anilines is 1. The average Bonchev–Trinajstić information content (AvgIpc) is 2.40. The predicted octanol–water partition coefficient (Wildman–Crippen LogP) is 3.02. The first-order valence-electron chi connectivity index (χ1n) is 6.43. The van der Waals surface area contributed by atoms with Crippen LogP contribution in [-0.4, -0.2) is 18.9 Å². The van der Waals surface area contributed by atoms with Crippen molar-refractivity contribution < 1.29 is 4.79 Å². The Morgan fingerprint density at radius 2 is 1.94 bits per heavy atom. The second-order valence-corrected chi connectivity index (χ2v) is 4.90. The number of carbonyl (C=O) groups excluding carboxylic acids is 1. The summed E-state index contributed by atoms with van der Waals surface area (Å²) >= 11 is 0. The van der Waals surface area contributed by atoms with Crippen LogP contribution in [0, 0.1) is 17.2 Å². The molecule has 1 saturated heterocycles. The van der Waals surface area contributed by atoms with Gasteiger partial charge in [0.1, 0.15) is 0 Å². The molecule has 0 amide bonds. The zero-order valence-electron chi connectivity index (χ0n) is 10.7. The molecule has 0 spiro atoms. The Morgan fingerprint density at radius 3 is 2.44 bits per heavy atom. The summed E-state index contributed by atoms with van der Waals surface area (Å²) in [5.74, 6) is 0.664. The number of ketones is 1. The highest BCUT2D eigenvalue weighted by atomic mass is 16.1. The van der Waals surface area contributed by atoms with Crippen molar-refractivity contribution in [3.8, 4) is 6.07 Å². The van der Waals surface area contributed by atoms with E-state index < -0.39 is 0 Å². The summed E-state index contributed by atoms with van der Waals surface area (Å²) in [5, 5.41) is 8.69. The zero-order valence-corrected chi connectivity index (χ0v) is 10.7. The molecule has 94 valence electrons. The number of benzene rings is 1. The molecule has 1 aromatic carbocycles. The molecule has 0 unspecified atom stereocenters. The first-order valence-corrected chi connectivity index (χ1v) is 6.43. The van der Waals surface area contributed by atoms with Gasteiger partial charge in [0, 0.05) is 30.8 Å². The van der Waals surface area contributed by atoms with Crippen LogP contribution in [-0.2, 0) is 0 Å². The van der Waals surface area contributed by atoms with Crippen LogP contribution in [0.4, 0.5) is 5.69 Å². The topological polar surface area (TPSA) is 44.1 Å². The first-order chi connectivity index (χ1) is 8.70. The van der Waals surface area contributed by atoms with E-state index in [1.54, 1.807) is 6.92 Å². The number of nitriles is 1. The van der Waals surface area contributed by atoms with Crippen LogP contribution in [0.1, 0.15) is 36.5 Å². The summed E-state index contributed by atoms with van der Waals surface area (Å²) in [7, 11) is 0. The molecule has 18 heavy (non-hydrogen) atoms. The third-order valence-electron chi connectivity index (χ3n) is 3.63. The van der Waals surface area contributed by atoms with E-state index >= 15 is 0 Å². The van der Waals surface area contributed by atoms with E-state index in [-0.39, 0.29) is 5.78 Å². The van der Waals surface area contributed by atoms with Gasteiger partial charge in [-0.1, -0.05) is 0 Å².